The van der Waals surface area contributed by atoms with Crippen molar-refractivity contribution in [2.24, 2.45) is 0 Å². The number of nitrogens with one attached hydrogen (secondary N) is 2. The molecule has 1 heterocycles. The molecule has 0 radical (unpaired) electrons. The molecule has 0 bridgehead atoms. The van der Waals surface area contributed by atoms with E-state index in [0.29, 0.717) is 17.4 Å². The quantitative estimate of drug-likeness (QED) is 0.728. The van der Waals surface area contributed by atoms with Crippen molar-refractivity contribution in [1.29, 1.82) is 0 Å². The number of ether oxygens (including phenoxy) is 1. The summed E-state index contributed by atoms with van der Waals surface area (Å²) in [6.45, 7) is 0. The molecule has 0 atom stereocenters. The number of aromatic amines is 1. The molecular weight excluding hydrogens is 358 g/mol. The summed E-state index contributed by atoms with van der Waals surface area (Å²) < 4.78 is 6.15. The van der Waals surface area contributed by atoms with Crippen LogP contribution in [0.2, 0.25) is 0 Å². The van der Waals surface area contributed by atoms with E-state index < -0.39 is 0 Å². The summed E-state index contributed by atoms with van der Waals surface area (Å²) in [5.74, 6) is 1.10. The first-order chi connectivity index (χ1) is 11.1. The summed E-state index contributed by atoms with van der Waals surface area (Å²) >= 11 is 3.41. The Bertz CT molecular complexity index is 893. The lowest BCUT2D eigenvalue weighted by Gasteiger charge is -2.08. The highest BCUT2D eigenvalue weighted by atomic mass is 79.9. The highest BCUT2D eigenvalue weighted by Gasteiger charge is 2.06. The Balaban J connectivity index is 1.97. The number of methoxy groups -OCH3 is 1. The van der Waals surface area contributed by atoms with Crippen molar-refractivity contribution >= 4 is 27.6 Å². The number of hydrogen-bond acceptors (Lipinski definition) is 4. The fourth-order valence-corrected chi connectivity index (χ4v) is 2.55. The van der Waals surface area contributed by atoms with E-state index in [4.69, 9.17) is 4.74 Å². The molecule has 23 heavy (non-hydrogen) atoms. The molecule has 0 saturated carbocycles. The van der Waals surface area contributed by atoms with Gasteiger partial charge in [0, 0.05) is 21.8 Å². The number of hydrogen-bond donors (Lipinski definition) is 2. The standard InChI is InChI=1S/C17H14BrN3O2/c1-23-14-7-2-4-11(8-14)15-10-16(22)21-17(20-15)19-13-6-3-5-12(18)9-13/h2-10H,1H3,(H2,19,20,21,22). The van der Waals surface area contributed by atoms with Crippen molar-refractivity contribution in [2.75, 3.05) is 12.4 Å². The van der Waals surface area contributed by atoms with E-state index in [2.05, 4.69) is 31.2 Å². The molecule has 0 fully saturated rings. The van der Waals surface area contributed by atoms with Gasteiger partial charge in [0.05, 0.1) is 12.8 Å². The summed E-state index contributed by atoms with van der Waals surface area (Å²) in [6.07, 6.45) is 0. The number of benzene rings is 2. The summed E-state index contributed by atoms with van der Waals surface area (Å²) in [5.41, 5.74) is 1.98. The van der Waals surface area contributed by atoms with Gasteiger partial charge in [-0.05, 0) is 30.3 Å². The van der Waals surface area contributed by atoms with Crippen LogP contribution < -0.4 is 15.6 Å². The summed E-state index contributed by atoms with van der Waals surface area (Å²) in [4.78, 5) is 19.1. The van der Waals surface area contributed by atoms with Crippen LogP contribution in [0.15, 0.2) is 63.9 Å². The zero-order valence-corrected chi connectivity index (χ0v) is 13.9. The Hall–Kier alpha value is -2.60. The maximum atomic E-state index is 11.9. The number of H-pyrrole nitrogens is 1. The van der Waals surface area contributed by atoms with Gasteiger partial charge in [0.25, 0.3) is 5.56 Å². The first kappa shape index (κ1) is 15.3. The molecule has 2 N–H and O–H groups in total. The lowest BCUT2D eigenvalue weighted by atomic mass is 10.1. The van der Waals surface area contributed by atoms with E-state index >= 15 is 0 Å². The summed E-state index contributed by atoms with van der Waals surface area (Å²) in [5, 5.41) is 3.10. The third kappa shape index (κ3) is 3.78. The predicted octanol–water partition coefficient (Wildman–Crippen LogP) is 3.95. The van der Waals surface area contributed by atoms with Gasteiger partial charge >= 0.3 is 0 Å². The monoisotopic (exact) mass is 371 g/mol. The second-order valence-electron chi connectivity index (χ2n) is 4.85. The molecule has 0 aliphatic carbocycles. The van der Waals surface area contributed by atoms with Crippen LogP contribution in [-0.4, -0.2) is 17.1 Å². The van der Waals surface area contributed by atoms with Crippen LogP contribution in [0.3, 0.4) is 0 Å². The first-order valence-corrected chi connectivity index (χ1v) is 7.72. The number of aromatic nitrogens is 2. The van der Waals surface area contributed by atoms with Crippen LogP contribution in [0.1, 0.15) is 0 Å². The van der Waals surface area contributed by atoms with Gasteiger partial charge in [0.15, 0.2) is 0 Å². The van der Waals surface area contributed by atoms with Crippen molar-refractivity contribution < 1.29 is 4.74 Å². The van der Waals surface area contributed by atoms with Gasteiger partial charge in [-0.15, -0.1) is 0 Å². The van der Waals surface area contributed by atoms with Crippen molar-refractivity contribution in [3.8, 4) is 17.0 Å². The molecule has 0 aliphatic rings. The van der Waals surface area contributed by atoms with Crippen LogP contribution in [0.5, 0.6) is 5.75 Å². The summed E-state index contributed by atoms with van der Waals surface area (Å²) in [7, 11) is 1.60. The molecule has 0 saturated heterocycles. The van der Waals surface area contributed by atoms with E-state index in [0.717, 1.165) is 15.7 Å². The first-order valence-electron chi connectivity index (χ1n) is 6.92. The maximum absolute atomic E-state index is 11.9. The van der Waals surface area contributed by atoms with Crippen LogP contribution in [0.25, 0.3) is 11.3 Å². The smallest absolute Gasteiger partial charge is 0.252 e. The van der Waals surface area contributed by atoms with Gasteiger partial charge in [0.2, 0.25) is 5.95 Å². The Kier molecular flexibility index (Phi) is 4.43. The number of nitrogens with zero attached hydrogens (tertiary/aromatic N) is 1. The fourth-order valence-electron chi connectivity index (χ4n) is 2.15. The van der Waals surface area contributed by atoms with Gasteiger partial charge in [-0.25, -0.2) is 4.98 Å². The molecular formula is C17H14BrN3O2. The third-order valence-corrected chi connectivity index (χ3v) is 3.69. The second-order valence-corrected chi connectivity index (χ2v) is 5.76. The van der Waals surface area contributed by atoms with E-state index in [-0.39, 0.29) is 5.56 Å². The molecule has 0 spiro atoms. The fraction of sp³-hybridized carbons (Fsp3) is 0.0588. The molecule has 1 aromatic heterocycles. The maximum Gasteiger partial charge on any atom is 0.252 e. The van der Waals surface area contributed by atoms with Crippen LogP contribution >= 0.6 is 15.9 Å². The minimum atomic E-state index is -0.227. The predicted molar refractivity (Wildman–Crippen MR) is 94.3 cm³/mol. The van der Waals surface area contributed by atoms with E-state index in [9.17, 15) is 4.79 Å². The average molecular weight is 372 g/mol. The van der Waals surface area contributed by atoms with E-state index in [1.807, 2.05) is 48.5 Å². The van der Waals surface area contributed by atoms with Crippen LogP contribution in [0.4, 0.5) is 11.6 Å². The lowest BCUT2D eigenvalue weighted by molar-refractivity contribution is 0.415. The summed E-state index contributed by atoms with van der Waals surface area (Å²) in [6, 6.07) is 16.5. The van der Waals surface area contributed by atoms with Gasteiger partial charge in [-0.2, -0.15) is 0 Å². The van der Waals surface area contributed by atoms with Gasteiger partial charge in [0.1, 0.15) is 5.75 Å². The number of halogens is 1. The topological polar surface area (TPSA) is 67.0 Å². The molecule has 5 nitrogen and oxygen atoms in total. The highest BCUT2D eigenvalue weighted by Crippen LogP contribution is 2.23. The average Bonchev–Trinajstić information content (AvgIpc) is 2.54. The van der Waals surface area contributed by atoms with Gasteiger partial charge < -0.3 is 10.1 Å². The minimum absolute atomic E-state index is 0.227. The lowest BCUT2D eigenvalue weighted by Crippen LogP contribution is -2.10. The Morgan fingerprint density at radius 1 is 1.13 bits per heavy atom. The van der Waals surface area contributed by atoms with Crippen LogP contribution in [-0.2, 0) is 0 Å². The molecule has 0 aliphatic heterocycles. The van der Waals surface area contributed by atoms with Crippen molar-refractivity contribution in [1.82, 2.24) is 9.97 Å². The molecule has 2 aromatic carbocycles. The zero-order chi connectivity index (χ0) is 16.2. The highest BCUT2D eigenvalue weighted by molar-refractivity contribution is 9.10. The van der Waals surface area contributed by atoms with Gasteiger partial charge in [-0.1, -0.05) is 34.1 Å². The molecule has 3 aromatic rings. The molecule has 6 heteroatoms. The minimum Gasteiger partial charge on any atom is -0.497 e. The van der Waals surface area contributed by atoms with Gasteiger partial charge in [-0.3, -0.25) is 9.78 Å². The molecule has 116 valence electrons. The largest absolute Gasteiger partial charge is 0.497 e. The molecule has 0 unspecified atom stereocenters. The SMILES string of the molecule is COc1cccc(-c2cc(=O)[nH]c(Nc3cccc(Br)c3)n2)c1. The Morgan fingerprint density at radius 3 is 2.74 bits per heavy atom. The third-order valence-electron chi connectivity index (χ3n) is 3.19. The molecule has 0 amide bonds. The number of anilines is 2. The van der Waals surface area contributed by atoms with Crippen molar-refractivity contribution in [3.05, 3.63) is 69.4 Å². The van der Waals surface area contributed by atoms with Crippen molar-refractivity contribution in [2.45, 2.75) is 0 Å². The van der Waals surface area contributed by atoms with Crippen molar-refractivity contribution in [3.63, 3.8) is 0 Å². The Labute approximate surface area is 141 Å². The Morgan fingerprint density at radius 2 is 1.96 bits per heavy atom. The zero-order valence-electron chi connectivity index (χ0n) is 12.3. The number of rotatable bonds is 4. The van der Waals surface area contributed by atoms with E-state index in [1.165, 1.54) is 6.07 Å². The van der Waals surface area contributed by atoms with E-state index in [1.54, 1.807) is 7.11 Å². The van der Waals surface area contributed by atoms with Crippen LogP contribution in [0, 0.1) is 0 Å². The molecule has 3 rings (SSSR count). The normalized spacial score (nSPS) is 10.3. The second kappa shape index (κ2) is 6.66.